The number of H-pyrrole nitrogens is 1. The van der Waals surface area contributed by atoms with Crippen LogP contribution in [0.1, 0.15) is 13.8 Å². The van der Waals surface area contributed by atoms with Crippen LogP contribution in [0.2, 0.25) is 0 Å². The first-order valence-electron chi connectivity index (χ1n) is 4.35. The van der Waals surface area contributed by atoms with E-state index in [1.165, 1.54) is 0 Å². The first kappa shape index (κ1) is 9.51. The van der Waals surface area contributed by atoms with Crippen molar-refractivity contribution in [2.45, 2.75) is 13.8 Å². The van der Waals surface area contributed by atoms with Crippen molar-refractivity contribution in [3.63, 3.8) is 0 Å². The van der Waals surface area contributed by atoms with Crippen molar-refractivity contribution in [2.75, 3.05) is 0 Å². The van der Waals surface area contributed by atoms with Gasteiger partial charge in [0.05, 0.1) is 0 Å². The fourth-order valence-electron chi connectivity index (χ4n) is 0.981. The van der Waals surface area contributed by atoms with Crippen LogP contribution >= 0.6 is 0 Å². The molecule has 0 aliphatic rings. The lowest BCUT2D eigenvalue weighted by atomic mass is 10.6. The molecule has 0 radical (unpaired) electrons. The Morgan fingerprint density at radius 1 is 1.23 bits per heavy atom. The van der Waals surface area contributed by atoms with E-state index >= 15 is 0 Å². The van der Waals surface area contributed by atoms with Gasteiger partial charge in [-0.05, 0) is 0 Å². The van der Waals surface area contributed by atoms with Crippen LogP contribution in [0, 0.1) is 0 Å². The molecule has 0 spiro atoms. The van der Waals surface area contributed by atoms with Gasteiger partial charge < -0.3 is 9.55 Å². The van der Waals surface area contributed by atoms with Crippen LogP contribution in [0.3, 0.4) is 0 Å². The molecule has 4 heteroatoms. The highest BCUT2D eigenvalue weighted by atomic mass is 15.1. The van der Waals surface area contributed by atoms with Gasteiger partial charge in [-0.25, -0.2) is 9.97 Å². The highest BCUT2D eigenvalue weighted by Crippen LogP contribution is 2.08. The quantitative estimate of drug-likeness (QED) is 0.724. The summed E-state index contributed by atoms with van der Waals surface area (Å²) < 4.78 is 1.92. The minimum atomic E-state index is 0.803. The summed E-state index contributed by atoms with van der Waals surface area (Å²) in [7, 11) is 1.94. The standard InChI is InChI=1S/C7H8N4.C2H6/c1-11-5-4-10-7(11)6-8-2-3-9-6;1-2/h2-5H,1H3,(H,8,9);1-2H3. The second-order valence-corrected chi connectivity index (χ2v) is 2.30. The van der Waals surface area contributed by atoms with Gasteiger partial charge in [0, 0.05) is 31.8 Å². The maximum absolute atomic E-state index is 4.13. The molecule has 0 saturated heterocycles. The molecule has 4 nitrogen and oxygen atoms in total. The Hall–Kier alpha value is -1.58. The van der Waals surface area contributed by atoms with Gasteiger partial charge in [-0.3, -0.25) is 0 Å². The van der Waals surface area contributed by atoms with Gasteiger partial charge >= 0.3 is 0 Å². The SMILES string of the molecule is CC.Cn1ccnc1-c1ncc[nH]1. The number of hydrogen-bond acceptors (Lipinski definition) is 2. The number of aromatic amines is 1. The Labute approximate surface area is 77.7 Å². The molecule has 0 aliphatic carbocycles. The molecule has 0 fully saturated rings. The minimum Gasteiger partial charge on any atom is -0.342 e. The Morgan fingerprint density at radius 3 is 2.46 bits per heavy atom. The average molecular weight is 178 g/mol. The number of hydrogen-bond donors (Lipinski definition) is 1. The van der Waals surface area contributed by atoms with Gasteiger partial charge in [-0.1, -0.05) is 13.8 Å². The minimum absolute atomic E-state index is 0.803. The van der Waals surface area contributed by atoms with Crippen molar-refractivity contribution < 1.29 is 0 Å². The molecular weight excluding hydrogens is 164 g/mol. The number of nitrogens with zero attached hydrogens (tertiary/aromatic N) is 3. The summed E-state index contributed by atoms with van der Waals surface area (Å²) in [5.41, 5.74) is 0. The molecule has 0 aromatic carbocycles. The molecule has 0 atom stereocenters. The Balaban J connectivity index is 0.000000396. The van der Waals surface area contributed by atoms with Gasteiger partial charge in [-0.2, -0.15) is 0 Å². The van der Waals surface area contributed by atoms with E-state index in [1.54, 1.807) is 18.6 Å². The second kappa shape index (κ2) is 4.45. The summed E-state index contributed by atoms with van der Waals surface area (Å²) in [5, 5.41) is 0. The third kappa shape index (κ3) is 1.96. The van der Waals surface area contributed by atoms with Crippen LogP contribution in [0.25, 0.3) is 11.6 Å². The maximum Gasteiger partial charge on any atom is 0.175 e. The number of aryl methyl sites for hydroxylation is 1. The van der Waals surface area contributed by atoms with Crippen LogP contribution in [0.4, 0.5) is 0 Å². The highest BCUT2D eigenvalue weighted by molar-refractivity contribution is 5.42. The summed E-state index contributed by atoms with van der Waals surface area (Å²) in [5.74, 6) is 1.66. The van der Waals surface area contributed by atoms with Crippen molar-refractivity contribution in [2.24, 2.45) is 7.05 Å². The molecule has 0 aliphatic heterocycles. The van der Waals surface area contributed by atoms with E-state index in [1.807, 2.05) is 31.7 Å². The molecule has 1 N–H and O–H groups in total. The predicted octanol–water partition coefficient (Wildman–Crippen LogP) is 1.84. The molecule has 0 bridgehead atoms. The summed E-state index contributed by atoms with van der Waals surface area (Å²) in [6, 6.07) is 0. The summed E-state index contributed by atoms with van der Waals surface area (Å²) in [4.78, 5) is 11.2. The van der Waals surface area contributed by atoms with E-state index in [9.17, 15) is 0 Å². The fraction of sp³-hybridized carbons (Fsp3) is 0.333. The molecule has 70 valence electrons. The summed E-state index contributed by atoms with van der Waals surface area (Å²) in [6.07, 6.45) is 7.13. The molecule has 2 rings (SSSR count). The normalized spacial score (nSPS) is 9.15. The number of aromatic nitrogens is 4. The number of rotatable bonds is 1. The van der Waals surface area contributed by atoms with Crippen LogP contribution in [0.15, 0.2) is 24.8 Å². The predicted molar refractivity (Wildman–Crippen MR) is 52.1 cm³/mol. The zero-order chi connectivity index (χ0) is 9.68. The number of imidazole rings is 2. The van der Waals surface area contributed by atoms with Gasteiger partial charge in [0.2, 0.25) is 0 Å². The third-order valence-corrected chi connectivity index (χ3v) is 1.53. The molecule has 0 amide bonds. The molecule has 0 unspecified atom stereocenters. The van der Waals surface area contributed by atoms with E-state index in [-0.39, 0.29) is 0 Å². The van der Waals surface area contributed by atoms with Crippen molar-refractivity contribution in [1.29, 1.82) is 0 Å². The molecule has 0 saturated carbocycles. The zero-order valence-electron chi connectivity index (χ0n) is 8.15. The van der Waals surface area contributed by atoms with Gasteiger partial charge in [0.1, 0.15) is 0 Å². The highest BCUT2D eigenvalue weighted by Gasteiger charge is 2.02. The van der Waals surface area contributed by atoms with Gasteiger partial charge in [0.25, 0.3) is 0 Å². The van der Waals surface area contributed by atoms with E-state index < -0.39 is 0 Å². The molecule has 2 aromatic rings. The average Bonchev–Trinajstić information content (AvgIpc) is 2.77. The Kier molecular flexibility index (Phi) is 3.25. The monoisotopic (exact) mass is 178 g/mol. The van der Waals surface area contributed by atoms with Crippen LogP contribution < -0.4 is 0 Å². The fourth-order valence-corrected chi connectivity index (χ4v) is 0.981. The van der Waals surface area contributed by atoms with E-state index in [4.69, 9.17) is 0 Å². The van der Waals surface area contributed by atoms with Crippen molar-refractivity contribution in [3.8, 4) is 11.6 Å². The molecule has 2 aromatic heterocycles. The number of nitrogens with one attached hydrogen (secondary N) is 1. The topological polar surface area (TPSA) is 46.5 Å². The Morgan fingerprint density at radius 2 is 2.00 bits per heavy atom. The van der Waals surface area contributed by atoms with Crippen molar-refractivity contribution in [1.82, 2.24) is 19.5 Å². The van der Waals surface area contributed by atoms with Crippen molar-refractivity contribution in [3.05, 3.63) is 24.8 Å². The van der Waals surface area contributed by atoms with E-state index in [0.29, 0.717) is 0 Å². The first-order valence-corrected chi connectivity index (χ1v) is 4.35. The van der Waals surface area contributed by atoms with Crippen LogP contribution in [0.5, 0.6) is 0 Å². The summed E-state index contributed by atoms with van der Waals surface area (Å²) in [6.45, 7) is 4.00. The Bertz CT molecular complexity index is 334. The smallest absolute Gasteiger partial charge is 0.175 e. The van der Waals surface area contributed by atoms with Crippen LogP contribution in [-0.4, -0.2) is 19.5 Å². The van der Waals surface area contributed by atoms with Crippen molar-refractivity contribution >= 4 is 0 Å². The molecule has 2 heterocycles. The lowest BCUT2D eigenvalue weighted by molar-refractivity contribution is 0.912. The van der Waals surface area contributed by atoms with Gasteiger partial charge in [-0.15, -0.1) is 0 Å². The van der Waals surface area contributed by atoms with Gasteiger partial charge in [0.15, 0.2) is 11.6 Å². The third-order valence-electron chi connectivity index (χ3n) is 1.53. The molecule has 13 heavy (non-hydrogen) atoms. The second-order valence-electron chi connectivity index (χ2n) is 2.30. The largest absolute Gasteiger partial charge is 0.342 e. The lowest BCUT2D eigenvalue weighted by Crippen LogP contribution is -1.92. The maximum atomic E-state index is 4.13. The first-order chi connectivity index (χ1) is 6.38. The zero-order valence-corrected chi connectivity index (χ0v) is 8.15. The van der Waals surface area contributed by atoms with Crippen LogP contribution in [-0.2, 0) is 7.05 Å². The summed E-state index contributed by atoms with van der Waals surface area (Å²) >= 11 is 0. The van der Waals surface area contributed by atoms with E-state index in [2.05, 4.69) is 15.0 Å². The lowest BCUT2D eigenvalue weighted by Gasteiger charge is -1.94. The van der Waals surface area contributed by atoms with E-state index in [0.717, 1.165) is 11.6 Å². The molecular formula is C9H14N4.